The SMILES string of the molecule is CN(C(=O)OC(C)(C)C)[C@@H]1CCCN(c2c(Br)cnc3c2c(NC(=O)c2ccc(=O)n(C)c2)cn3C(=O)OC(C)(C)C)C1. The molecule has 232 valence electrons. The standard InChI is InChI=1S/C30H39BrN6O6/c1-29(2,3)42-27(40)35(8)19-10-9-13-36(16-19)24-20(31)14-32-25-23(24)21(17-37(25)28(41)43-30(4,5)6)33-26(39)18-11-12-22(38)34(7)15-18/h11-12,14-15,17,19H,9-10,13,16H2,1-8H3,(H,33,39)/t19-/m1/s1. The molecule has 43 heavy (non-hydrogen) atoms. The Morgan fingerprint density at radius 2 is 1.74 bits per heavy atom. The number of anilines is 2. The van der Waals surface area contributed by atoms with E-state index >= 15 is 0 Å². The minimum atomic E-state index is -0.767. The van der Waals surface area contributed by atoms with Crippen molar-refractivity contribution in [1.29, 1.82) is 0 Å². The van der Waals surface area contributed by atoms with Crippen LogP contribution in [0.5, 0.6) is 0 Å². The van der Waals surface area contributed by atoms with Crippen LogP contribution in [0.1, 0.15) is 64.7 Å². The Balaban J connectivity index is 1.79. The fourth-order valence-corrected chi connectivity index (χ4v) is 5.44. The number of piperidine rings is 1. The summed E-state index contributed by atoms with van der Waals surface area (Å²) in [5.74, 6) is -0.467. The van der Waals surface area contributed by atoms with E-state index in [1.165, 1.54) is 33.7 Å². The van der Waals surface area contributed by atoms with Crippen molar-refractivity contribution >= 4 is 56.4 Å². The van der Waals surface area contributed by atoms with Crippen LogP contribution >= 0.6 is 15.9 Å². The molecule has 1 N–H and O–H groups in total. The molecule has 1 saturated heterocycles. The van der Waals surface area contributed by atoms with Crippen LogP contribution < -0.4 is 15.8 Å². The van der Waals surface area contributed by atoms with Crippen molar-refractivity contribution < 1.29 is 23.9 Å². The summed E-state index contributed by atoms with van der Waals surface area (Å²) < 4.78 is 14.5. The van der Waals surface area contributed by atoms with Gasteiger partial charge in [-0.15, -0.1) is 0 Å². The van der Waals surface area contributed by atoms with E-state index in [4.69, 9.17) is 9.47 Å². The van der Waals surface area contributed by atoms with E-state index in [1.54, 1.807) is 46.0 Å². The van der Waals surface area contributed by atoms with Crippen molar-refractivity contribution in [2.24, 2.45) is 7.05 Å². The Labute approximate surface area is 259 Å². The average Bonchev–Trinajstić information content (AvgIpc) is 3.26. The van der Waals surface area contributed by atoms with Crippen LogP contribution in [0.2, 0.25) is 0 Å². The monoisotopic (exact) mass is 658 g/mol. The number of fused-ring (bicyclic) bond motifs is 1. The molecule has 1 fully saturated rings. The Bertz CT molecular complexity index is 1620. The molecule has 1 atom stereocenters. The molecular formula is C30H39BrN6O6. The molecule has 0 unspecified atom stereocenters. The zero-order chi connectivity index (χ0) is 31.9. The quantitative estimate of drug-likeness (QED) is 0.396. The maximum absolute atomic E-state index is 13.4. The predicted octanol–water partition coefficient (Wildman–Crippen LogP) is 5.37. The second-order valence-corrected chi connectivity index (χ2v) is 13.6. The van der Waals surface area contributed by atoms with Crippen LogP contribution in [-0.4, -0.2) is 74.5 Å². The third kappa shape index (κ3) is 7.38. The number of likely N-dealkylation sites (N-methyl/N-ethyl adjacent to an activating group) is 1. The van der Waals surface area contributed by atoms with Crippen molar-refractivity contribution in [1.82, 2.24) is 19.0 Å². The van der Waals surface area contributed by atoms with Crippen LogP contribution in [0.25, 0.3) is 11.0 Å². The molecule has 4 heterocycles. The third-order valence-corrected chi connectivity index (χ3v) is 7.45. The maximum Gasteiger partial charge on any atom is 0.420 e. The first kappa shape index (κ1) is 32.1. The normalized spacial score (nSPS) is 15.7. The fraction of sp³-hybridized carbons (Fsp3) is 0.500. The molecule has 3 aromatic rings. The number of aryl methyl sites for hydroxylation is 1. The number of halogens is 1. The molecule has 0 saturated carbocycles. The Morgan fingerprint density at radius 1 is 1.07 bits per heavy atom. The lowest BCUT2D eigenvalue weighted by Gasteiger charge is -2.39. The van der Waals surface area contributed by atoms with Gasteiger partial charge in [0.2, 0.25) is 5.56 Å². The highest BCUT2D eigenvalue weighted by Gasteiger charge is 2.32. The van der Waals surface area contributed by atoms with Crippen LogP contribution in [0, 0.1) is 0 Å². The summed E-state index contributed by atoms with van der Waals surface area (Å²) in [5.41, 5.74) is -0.0206. The molecule has 13 heteroatoms. The van der Waals surface area contributed by atoms with E-state index in [-0.39, 0.29) is 17.2 Å². The topological polar surface area (TPSA) is 128 Å². The summed E-state index contributed by atoms with van der Waals surface area (Å²) >= 11 is 3.65. The molecule has 0 spiro atoms. The maximum atomic E-state index is 13.4. The molecule has 1 aliphatic rings. The zero-order valence-electron chi connectivity index (χ0n) is 25.9. The minimum Gasteiger partial charge on any atom is -0.444 e. The number of carbonyl (C=O) groups excluding carboxylic acids is 3. The van der Waals surface area contributed by atoms with Gasteiger partial charge in [-0.3, -0.25) is 9.59 Å². The largest absolute Gasteiger partial charge is 0.444 e. The highest BCUT2D eigenvalue weighted by Crippen LogP contribution is 2.41. The van der Waals surface area contributed by atoms with Gasteiger partial charge < -0.3 is 29.2 Å². The molecule has 4 rings (SSSR count). The highest BCUT2D eigenvalue weighted by molar-refractivity contribution is 9.10. The highest BCUT2D eigenvalue weighted by atomic mass is 79.9. The first-order valence-corrected chi connectivity index (χ1v) is 14.9. The predicted molar refractivity (Wildman–Crippen MR) is 168 cm³/mol. The number of pyridine rings is 2. The number of carbonyl (C=O) groups is 3. The molecule has 0 aromatic carbocycles. The number of nitrogens with zero attached hydrogens (tertiary/aromatic N) is 5. The summed E-state index contributed by atoms with van der Waals surface area (Å²) in [5, 5.41) is 3.44. The number of ether oxygens (including phenoxy) is 2. The van der Waals surface area contributed by atoms with Gasteiger partial charge in [0.15, 0.2) is 5.65 Å². The van der Waals surface area contributed by atoms with Crippen LogP contribution in [0.3, 0.4) is 0 Å². The second-order valence-electron chi connectivity index (χ2n) is 12.7. The summed E-state index contributed by atoms with van der Waals surface area (Å²) in [7, 11) is 3.30. The number of nitrogens with one attached hydrogen (secondary N) is 1. The van der Waals surface area contributed by atoms with Gasteiger partial charge in [-0.25, -0.2) is 19.1 Å². The van der Waals surface area contributed by atoms with Crippen LogP contribution in [-0.2, 0) is 16.5 Å². The fourth-order valence-electron chi connectivity index (χ4n) is 4.89. The van der Waals surface area contributed by atoms with Gasteiger partial charge in [0.25, 0.3) is 5.91 Å². The number of aromatic nitrogens is 3. The van der Waals surface area contributed by atoms with Gasteiger partial charge >= 0.3 is 12.2 Å². The van der Waals surface area contributed by atoms with Gasteiger partial charge in [-0.2, -0.15) is 0 Å². The molecule has 0 radical (unpaired) electrons. The lowest BCUT2D eigenvalue weighted by atomic mass is 10.0. The van der Waals surface area contributed by atoms with Crippen LogP contribution in [0.15, 0.2) is 40.0 Å². The Kier molecular flexibility index (Phi) is 8.96. The van der Waals surface area contributed by atoms with Gasteiger partial charge in [-0.1, -0.05) is 0 Å². The van der Waals surface area contributed by atoms with E-state index in [1.807, 2.05) is 20.8 Å². The van der Waals surface area contributed by atoms with E-state index in [0.29, 0.717) is 40.0 Å². The summed E-state index contributed by atoms with van der Waals surface area (Å²) in [6.45, 7) is 11.9. The van der Waals surface area contributed by atoms with Gasteiger partial charge in [0, 0.05) is 51.8 Å². The number of hydrogen-bond acceptors (Lipinski definition) is 8. The Morgan fingerprint density at radius 3 is 2.37 bits per heavy atom. The van der Waals surface area contributed by atoms with Gasteiger partial charge in [-0.05, 0) is 76.4 Å². The number of rotatable bonds is 4. The second kappa shape index (κ2) is 12.0. The molecule has 1 aliphatic heterocycles. The van der Waals surface area contributed by atoms with Crippen molar-refractivity contribution in [3.05, 3.63) is 51.1 Å². The van der Waals surface area contributed by atoms with Crippen molar-refractivity contribution in [2.45, 2.75) is 71.6 Å². The van der Waals surface area contributed by atoms with Crippen molar-refractivity contribution in [2.75, 3.05) is 30.4 Å². The third-order valence-electron chi connectivity index (χ3n) is 6.87. The lowest BCUT2D eigenvalue weighted by Crippen LogP contribution is -2.50. The summed E-state index contributed by atoms with van der Waals surface area (Å²) in [6, 6.07) is 2.62. The first-order chi connectivity index (χ1) is 19.9. The Hall–Kier alpha value is -3.87. The van der Waals surface area contributed by atoms with Gasteiger partial charge in [0.1, 0.15) is 11.2 Å². The van der Waals surface area contributed by atoms with Crippen LogP contribution in [0.4, 0.5) is 21.0 Å². The van der Waals surface area contributed by atoms with E-state index in [2.05, 4.69) is 31.1 Å². The summed E-state index contributed by atoms with van der Waals surface area (Å²) in [6.07, 6.45) is 5.07. The molecule has 12 nitrogen and oxygen atoms in total. The summed E-state index contributed by atoms with van der Waals surface area (Å²) in [4.78, 5) is 59.7. The number of hydrogen-bond donors (Lipinski definition) is 1. The lowest BCUT2D eigenvalue weighted by molar-refractivity contribution is 0.0209. The molecule has 0 bridgehead atoms. The van der Waals surface area contributed by atoms with E-state index in [9.17, 15) is 19.2 Å². The molecule has 3 aromatic heterocycles. The molecule has 0 aliphatic carbocycles. The van der Waals surface area contributed by atoms with Crippen molar-refractivity contribution in [3.8, 4) is 0 Å². The minimum absolute atomic E-state index is 0.143. The zero-order valence-corrected chi connectivity index (χ0v) is 27.4. The number of amides is 2. The van der Waals surface area contributed by atoms with Crippen molar-refractivity contribution in [3.63, 3.8) is 0 Å². The van der Waals surface area contributed by atoms with Gasteiger partial charge in [0.05, 0.1) is 32.8 Å². The first-order valence-electron chi connectivity index (χ1n) is 14.1. The smallest absolute Gasteiger partial charge is 0.420 e. The van der Waals surface area contributed by atoms with E-state index in [0.717, 1.165) is 12.8 Å². The van der Waals surface area contributed by atoms with E-state index < -0.39 is 29.3 Å². The molecule has 2 amide bonds. The molecular weight excluding hydrogens is 620 g/mol. The average molecular weight is 660 g/mol.